The summed E-state index contributed by atoms with van der Waals surface area (Å²) in [5, 5.41) is 7.04. The summed E-state index contributed by atoms with van der Waals surface area (Å²) < 4.78 is 2.06. The fraction of sp³-hybridized carbons (Fsp3) is 0.0556. The van der Waals surface area contributed by atoms with Crippen LogP contribution in [0, 0.1) is 0 Å². The number of anilines is 2. The van der Waals surface area contributed by atoms with Crippen molar-refractivity contribution in [2.24, 2.45) is 0 Å². The van der Waals surface area contributed by atoms with Crippen molar-refractivity contribution >= 4 is 28.9 Å². The molecule has 23 heavy (non-hydrogen) atoms. The molecule has 1 aromatic heterocycles. The number of benzene rings is 2. The number of amides is 1. The van der Waals surface area contributed by atoms with E-state index in [2.05, 4.69) is 15.2 Å². The molecule has 5 rings (SSSR count). The van der Waals surface area contributed by atoms with Crippen LogP contribution >= 0.6 is 11.6 Å². The van der Waals surface area contributed by atoms with Gasteiger partial charge >= 0.3 is 0 Å². The third-order valence-corrected chi connectivity index (χ3v) is 4.83. The van der Waals surface area contributed by atoms with Crippen molar-refractivity contribution in [3.05, 3.63) is 77.1 Å². The zero-order valence-corrected chi connectivity index (χ0v) is 12.8. The quantitative estimate of drug-likeness (QED) is 0.662. The number of hydrogen-bond acceptors (Lipinski definition) is 2. The fourth-order valence-corrected chi connectivity index (χ4v) is 3.78. The largest absolute Gasteiger partial charge is 0.361 e. The van der Waals surface area contributed by atoms with Gasteiger partial charge < -0.3 is 15.2 Å². The molecule has 0 fully saturated rings. The number of nitrogens with one attached hydrogen (secondary N) is 2. The molecule has 2 aliphatic rings. The van der Waals surface area contributed by atoms with E-state index < -0.39 is 5.54 Å². The summed E-state index contributed by atoms with van der Waals surface area (Å²) in [6.45, 7) is 0. The molecule has 2 aromatic carbocycles. The minimum absolute atomic E-state index is 0.0933. The minimum Gasteiger partial charge on any atom is -0.361 e. The summed E-state index contributed by atoms with van der Waals surface area (Å²) in [6, 6.07) is 17.4. The lowest BCUT2D eigenvalue weighted by Gasteiger charge is -2.36. The van der Waals surface area contributed by atoms with Crippen LogP contribution in [-0.4, -0.2) is 10.5 Å². The zero-order valence-electron chi connectivity index (χ0n) is 12.0. The number of para-hydroxylation sites is 2. The first kappa shape index (κ1) is 12.8. The van der Waals surface area contributed by atoms with Crippen LogP contribution in [0.5, 0.6) is 0 Å². The van der Waals surface area contributed by atoms with E-state index in [0.29, 0.717) is 5.02 Å². The molecule has 2 N–H and O–H groups in total. The lowest BCUT2D eigenvalue weighted by Crippen LogP contribution is -2.47. The Labute approximate surface area is 137 Å². The van der Waals surface area contributed by atoms with E-state index >= 15 is 0 Å². The Kier molecular flexibility index (Phi) is 2.32. The van der Waals surface area contributed by atoms with E-state index in [1.807, 2.05) is 54.7 Å². The third kappa shape index (κ3) is 1.48. The van der Waals surface area contributed by atoms with Gasteiger partial charge in [-0.2, -0.15) is 0 Å². The molecular weight excluding hydrogens is 310 g/mol. The van der Waals surface area contributed by atoms with E-state index in [0.717, 1.165) is 28.3 Å². The van der Waals surface area contributed by atoms with Crippen molar-refractivity contribution in [1.82, 2.24) is 4.57 Å². The van der Waals surface area contributed by atoms with E-state index in [1.165, 1.54) is 0 Å². The van der Waals surface area contributed by atoms with Crippen molar-refractivity contribution in [3.8, 4) is 5.69 Å². The topological polar surface area (TPSA) is 46.1 Å². The van der Waals surface area contributed by atoms with Crippen LogP contribution in [0.1, 0.15) is 11.3 Å². The van der Waals surface area contributed by atoms with E-state index in [-0.39, 0.29) is 5.91 Å². The van der Waals surface area contributed by atoms with Gasteiger partial charge in [-0.3, -0.25) is 4.79 Å². The molecule has 2 aliphatic heterocycles. The molecule has 3 aromatic rings. The number of hydrogen-bond donors (Lipinski definition) is 2. The second-order valence-electron chi connectivity index (χ2n) is 5.80. The minimum atomic E-state index is -0.960. The highest BCUT2D eigenvalue weighted by Crippen LogP contribution is 2.48. The second-order valence-corrected chi connectivity index (χ2v) is 6.24. The number of nitrogens with zero attached hydrogens (tertiary/aromatic N) is 1. The SMILES string of the molecule is O=C1Nc2ccc(Cl)cc2C12Nc1ccccc1-n1cccc12. The van der Waals surface area contributed by atoms with Gasteiger partial charge in [0.1, 0.15) is 0 Å². The van der Waals surface area contributed by atoms with Crippen LogP contribution in [0.4, 0.5) is 11.4 Å². The lowest BCUT2D eigenvalue weighted by molar-refractivity contribution is -0.118. The molecule has 0 aliphatic carbocycles. The summed E-state index contributed by atoms with van der Waals surface area (Å²) in [5.41, 5.74) is 3.51. The molecular formula is C18H12ClN3O. The van der Waals surface area contributed by atoms with Gasteiger partial charge in [0.25, 0.3) is 5.91 Å². The van der Waals surface area contributed by atoms with Gasteiger partial charge in [0.05, 0.1) is 17.1 Å². The Morgan fingerprint density at radius 3 is 2.78 bits per heavy atom. The van der Waals surface area contributed by atoms with Gasteiger partial charge in [-0.05, 0) is 42.5 Å². The first-order chi connectivity index (χ1) is 11.2. The Morgan fingerprint density at radius 2 is 1.87 bits per heavy atom. The second kappa shape index (κ2) is 4.18. The van der Waals surface area contributed by atoms with Gasteiger partial charge in [-0.1, -0.05) is 23.7 Å². The van der Waals surface area contributed by atoms with Gasteiger partial charge in [0.2, 0.25) is 0 Å². The molecule has 1 atom stereocenters. The highest BCUT2D eigenvalue weighted by molar-refractivity contribution is 6.31. The van der Waals surface area contributed by atoms with Crippen molar-refractivity contribution in [2.45, 2.75) is 5.54 Å². The Balaban J connectivity index is 1.87. The molecule has 0 bridgehead atoms. The summed E-state index contributed by atoms with van der Waals surface area (Å²) in [5.74, 6) is -0.0933. The molecule has 112 valence electrons. The predicted molar refractivity (Wildman–Crippen MR) is 90.3 cm³/mol. The number of halogens is 1. The summed E-state index contributed by atoms with van der Waals surface area (Å²) in [6.07, 6.45) is 1.98. The maximum Gasteiger partial charge on any atom is 0.261 e. The third-order valence-electron chi connectivity index (χ3n) is 4.59. The molecule has 1 spiro atoms. The van der Waals surface area contributed by atoms with E-state index in [1.54, 1.807) is 6.07 Å². The lowest BCUT2D eigenvalue weighted by atomic mass is 9.85. The Morgan fingerprint density at radius 1 is 1.00 bits per heavy atom. The average molecular weight is 322 g/mol. The van der Waals surface area contributed by atoms with Gasteiger partial charge in [-0.15, -0.1) is 0 Å². The smallest absolute Gasteiger partial charge is 0.261 e. The predicted octanol–water partition coefficient (Wildman–Crippen LogP) is 3.75. The van der Waals surface area contributed by atoms with Crippen LogP contribution in [0.25, 0.3) is 5.69 Å². The molecule has 5 heteroatoms. The summed E-state index contributed by atoms with van der Waals surface area (Å²) in [7, 11) is 0. The molecule has 1 amide bonds. The van der Waals surface area contributed by atoms with Crippen molar-refractivity contribution < 1.29 is 4.79 Å². The first-order valence-electron chi connectivity index (χ1n) is 7.37. The van der Waals surface area contributed by atoms with Crippen LogP contribution in [0.3, 0.4) is 0 Å². The zero-order chi connectivity index (χ0) is 15.6. The number of rotatable bonds is 0. The van der Waals surface area contributed by atoms with Crippen molar-refractivity contribution in [2.75, 3.05) is 10.6 Å². The fourth-order valence-electron chi connectivity index (χ4n) is 3.60. The van der Waals surface area contributed by atoms with E-state index in [9.17, 15) is 4.79 Å². The number of carbonyl (C=O) groups excluding carboxylic acids is 1. The average Bonchev–Trinajstić information content (AvgIpc) is 3.14. The monoisotopic (exact) mass is 321 g/mol. The van der Waals surface area contributed by atoms with Gasteiger partial charge in [0, 0.05) is 22.5 Å². The van der Waals surface area contributed by atoms with Crippen molar-refractivity contribution in [1.29, 1.82) is 0 Å². The van der Waals surface area contributed by atoms with Crippen molar-refractivity contribution in [3.63, 3.8) is 0 Å². The maximum absolute atomic E-state index is 13.0. The summed E-state index contributed by atoms with van der Waals surface area (Å²) >= 11 is 6.20. The maximum atomic E-state index is 13.0. The molecule has 0 saturated carbocycles. The van der Waals surface area contributed by atoms with E-state index in [4.69, 9.17) is 11.6 Å². The van der Waals surface area contributed by atoms with Crippen LogP contribution in [-0.2, 0) is 10.3 Å². The molecule has 0 saturated heterocycles. The van der Waals surface area contributed by atoms with Gasteiger partial charge in [0.15, 0.2) is 5.54 Å². The number of fused-ring (bicyclic) bond motifs is 6. The highest BCUT2D eigenvalue weighted by Gasteiger charge is 2.52. The Hall–Kier alpha value is -2.72. The van der Waals surface area contributed by atoms with Crippen LogP contribution in [0.2, 0.25) is 5.02 Å². The standard InChI is InChI=1S/C18H12ClN3O/c19-11-7-8-13-12(10-11)18(17(23)20-13)16-6-3-9-22(16)15-5-2-1-4-14(15)21-18/h1-10,21H,(H,20,23). The normalized spacial score (nSPS) is 20.5. The van der Waals surface area contributed by atoms with Gasteiger partial charge in [-0.25, -0.2) is 0 Å². The molecule has 1 unspecified atom stereocenters. The number of aromatic nitrogens is 1. The molecule has 4 nitrogen and oxygen atoms in total. The molecule has 3 heterocycles. The summed E-state index contributed by atoms with van der Waals surface area (Å²) in [4.78, 5) is 13.0. The first-order valence-corrected chi connectivity index (χ1v) is 7.75. The van der Waals surface area contributed by atoms with Crippen LogP contribution < -0.4 is 10.6 Å². The highest BCUT2D eigenvalue weighted by atomic mass is 35.5. The van der Waals surface area contributed by atoms with Crippen LogP contribution in [0.15, 0.2) is 60.8 Å². The Bertz CT molecular complexity index is 978. The molecule has 0 radical (unpaired) electrons. The number of carbonyl (C=O) groups is 1.